The summed E-state index contributed by atoms with van der Waals surface area (Å²) >= 11 is 0. The van der Waals surface area contributed by atoms with E-state index in [2.05, 4.69) is 5.32 Å². The van der Waals surface area contributed by atoms with Gasteiger partial charge in [-0.25, -0.2) is 4.79 Å². The summed E-state index contributed by atoms with van der Waals surface area (Å²) in [7, 11) is 0. The Morgan fingerprint density at radius 2 is 1.89 bits per heavy atom. The average molecular weight is 372 g/mol. The van der Waals surface area contributed by atoms with Crippen molar-refractivity contribution >= 4 is 23.3 Å². The van der Waals surface area contributed by atoms with Crippen molar-refractivity contribution in [3.05, 3.63) is 63.7 Å². The molecule has 0 fully saturated rings. The van der Waals surface area contributed by atoms with Gasteiger partial charge in [0.2, 0.25) is 0 Å². The zero-order valence-corrected chi connectivity index (χ0v) is 15.1. The van der Waals surface area contributed by atoms with E-state index in [1.54, 1.807) is 19.1 Å². The zero-order valence-electron chi connectivity index (χ0n) is 15.1. The van der Waals surface area contributed by atoms with Gasteiger partial charge in [-0.15, -0.1) is 0 Å². The fraction of sp³-hybridized carbons (Fsp3) is 0.263. The molecule has 142 valence electrons. The molecule has 0 saturated carbocycles. The molecule has 0 saturated heterocycles. The Morgan fingerprint density at radius 3 is 2.56 bits per heavy atom. The normalized spacial score (nSPS) is 10.1. The van der Waals surface area contributed by atoms with Gasteiger partial charge in [-0.1, -0.05) is 25.1 Å². The van der Waals surface area contributed by atoms with Gasteiger partial charge in [0, 0.05) is 11.8 Å². The van der Waals surface area contributed by atoms with Crippen LogP contribution in [0, 0.1) is 10.1 Å². The first kappa shape index (κ1) is 19.9. The molecule has 0 radical (unpaired) electrons. The number of ether oxygens (including phenoxy) is 2. The summed E-state index contributed by atoms with van der Waals surface area (Å²) in [6.45, 7) is 3.41. The number of nitrogens with zero attached hydrogens (tertiary/aromatic N) is 1. The number of para-hydroxylation sites is 1. The van der Waals surface area contributed by atoms with Crippen LogP contribution in [0.2, 0.25) is 0 Å². The smallest absolute Gasteiger partial charge is 0.338 e. The lowest BCUT2D eigenvalue weighted by molar-refractivity contribution is -0.385. The molecular weight excluding hydrogens is 352 g/mol. The number of amides is 1. The van der Waals surface area contributed by atoms with E-state index in [-0.39, 0.29) is 23.6 Å². The molecule has 2 rings (SSSR count). The number of hydrogen-bond donors (Lipinski definition) is 1. The molecular formula is C19H20N2O6. The number of anilines is 1. The van der Waals surface area contributed by atoms with Crippen molar-refractivity contribution < 1.29 is 24.0 Å². The maximum atomic E-state index is 12.1. The van der Waals surface area contributed by atoms with Crippen LogP contribution in [0.15, 0.2) is 42.5 Å². The quantitative estimate of drug-likeness (QED) is 0.432. The van der Waals surface area contributed by atoms with E-state index in [1.165, 1.54) is 12.1 Å². The molecule has 2 aromatic carbocycles. The number of nitrogens with one attached hydrogen (secondary N) is 1. The average Bonchev–Trinajstić information content (AvgIpc) is 2.67. The van der Waals surface area contributed by atoms with Crippen molar-refractivity contribution in [2.75, 3.05) is 18.5 Å². The third-order valence-electron chi connectivity index (χ3n) is 3.70. The molecule has 0 heterocycles. The lowest BCUT2D eigenvalue weighted by Gasteiger charge is -2.10. The van der Waals surface area contributed by atoms with Crippen molar-refractivity contribution in [3.63, 3.8) is 0 Å². The van der Waals surface area contributed by atoms with Crippen LogP contribution >= 0.6 is 0 Å². The van der Waals surface area contributed by atoms with Gasteiger partial charge in [-0.2, -0.15) is 0 Å². The van der Waals surface area contributed by atoms with E-state index in [0.29, 0.717) is 5.69 Å². The van der Waals surface area contributed by atoms with E-state index in [1.807, 2.05) is 19.1 Å². The second-order valence-electron chi connectivity index (χ2n) is 5.51. The minimum atomic E-state index is -0.833. The monoisotopic (exact) mass is 372 g/mol. The number of carbonyl (C=O) groups is 2. The first-order valence-corrected chi connectivity index (χ1v) is 8.42. The van der Waals surface area contributed by atoms with E-state index < -0.39 is 23.4 Å². The maximum absolute atomic E-state index is 12.1. The molecule has 0 aromatic heterocycles. The van der Waals surface area contributed by atoms with Crippen molar-refractivity contribution in [3.8, 4) is 5.75 Å². The van der Waals surface area contributed by atoms with E-state index >= 15 is 0 Å². The summed E-state index contributed by atoms with van der Waals surface area (Å²) in [5, 5.41) is 13.8. The van der Waals surface area contributed by atoms with Gasteiger partial charge >= 0.3 is 11.7 Å². The number of aryl methyl sites for hydroxylation is 1. The number of esters is 1. The Hall–Kier alpha value is -3.42. The second kappa shape index (κ2) is 9.33. The predicted octanol–water partition coefficient (Wildman–Crippen LogP) is 3.35. The van der Waals surface area contributed by atoms with E-state index in [9.17, 15) is 19.7 Å². The molecule has 0 spiro atoms. The third kappa shape index (κ3) is 5.27. The molecule has 8 nitrogen and oxygen atoms in total. The maximum Gasteiger partial charge on any atom is 0.338 e. The fourth-order valence-corrected chi connectivity index (χ4v) is 2.42. The lowest BCUT2D eigenvalue weighted by atomic mass is 10.1. The van der Waals surface area contributed by atoms with Crippen LogP contribution in [-0.2, 0) is 16.0 Å². The Balaban J connectivity index is 2.01. The number of nitro groups is 1. The third-order valence-corrected chi connectivity index (χ3v) is 3.70. The van der Waals surface area contributed by atoms with Crippen LogP contribution in [0.3, 0.4) is 0 Å². The molecule has 0 atom stereocenters. The summed E-state index contributed by atoms with van der Waals surface area (Å²) in [4.78, 5) is 34.6. The number of hydrogen-bond acceptors (Lipinski definition) is 6. The van der Waals surface area contributed by atoms with Gasteiger partial charge < -0.3 is 14.8 Å². The van der Waals surface area contributed by atoms with Crippen LogP contribution in [0.1, 0.15) is 29.8 Å². The highest BCUT2D eigenvalue weighted by atomic mass is 16.6. The fourth-order valence-electron chi connectivity index (χ4n) is 2.42. The van der Waals surface area contributed by atoms with Crippen LogP contribution in [-0.4, -0.2) is 30.0 Å². The largest absolute Gasteiger partial charge is 0.487 e. The Kier molecular flexibility index (Phi) is 6.87. The summed E-state index contributed by atoms with van der Waals surface area (Å²) in [6, 6.07) is 11.1. The molecule has 27 heavy (non-hydrogen) atoms. The Bertz CT molecular complexity index is 850. The number of benzene rings is 2. The molecule has 8 heteroatoms. The van der Waals surface area contributed by atoms with Gasteiger partial charge in [-0.3, -0.25) is 14.9 Å². The molecule has 0 bridgehead atoms. The summed E-state index contributed by atoms with van der Waals surface area (Å²) in [5.41, 5.74) is 1.23. The van der Waals surface area contributed by atoms with E-state index in [0.717, 1.165) is 18.1 Å². The van der Waals surface area contributed by atoms with Gasteiger partial charge in [-0.05, 0) is 37.1 Å². The van der Waals surface area contributed by atoms with Crippen molar-refractivity contribution in [2.24, 2.45) is 0 Å². The van der Waals surface area contributed by atoms with Gasteiger partial charge in [0.1, 0.15) is 0 Å². The Morgan fingerprint density at radius 1 is 1.15 bits per heavy atom. The van der Waals surface area contributed by atoms with Crippen LogP contribution in [0.5, 0.6) is 5.75 Å². The van der Waals surface area contributed by atoms with Gasteiger partial charge in [0.05, 0.1) is 17.1 Å². The number of carbonyl (C=O) groups excluding carboxylic acids is 2. The second-order valence-corrected chi connectivity index (χ2v) is 5.51. The number of rotatable bonds is 8. The van der Waals surface area contributed by atoms with Crippen LogP contribution in [0.4, 0.5) is 11.4 Å². The van der Waals surface area contributed by atoms with E-state index in [4.69, 9.17) is 9.47 Å². The zero-order chi connectivity index (χ0) is 19.8. The predicted molar refractivity (Wildman–Crippen MR) is 99.0 cm³/mol. The summed E-state index contributed by atoms with van der Waals surface area (Å²) < 4.78 is 10.1. The number of nitro benzene ring substituents is 1. The first-order chi connectivity index (χ1) is 13.0. The first-order valence-electron chi connectivity index (χ1n) is 8.42. The topological polar surface area (TPSA) is 108 Å². The molecule has 1 N–H and O–H groups in total. The van der Waals surface area contributed by atoms with Crippen LogP contribution < -0.4 is 10.1 Å². The minimum absolute atomic E-state index is 0.0353. The standard InChI is InChI=1S/C19H20N2O6/c1-3-13-7-5-6-8-15(13)20-18(22)12-27-19(23)14-9-10-17(26-4-2)16(11-14)21(24)25/h5-11H,3-4,12H2,1-2H3,(H,20,22). The van der Waals surface area contributed by atoms with Gasteiger partial charge in [0.25, 0.3) is 5.91 Å². The highest BCUT2D eigenvalue weighted by Crippen LogP contribution is 2.28. The lowest BCUT2D eigenvalue weighted by Crippen LogP contribution is -2.21. The van der Waals surface area contributed by atoms with Gasteiger partial charge in [0.15, 0.2) is 12.4 Å². The minimum Gasteiger partial charge on any atom is -0.487 e. The molecule has 0 aliphatic heterocycles. The summed E-state index contributed by atoms with van der Waals surface area (Å²) in [6.07, 6.45) is 0.742. The van der Waals surface area contributed by atoms with Crippen molar-refractivity contribution in [1.29, 1.82) is 0 Å². The molecule has 1 amide bonds. The SMILES string of the molecule is CCOc1ccc(C(=O)OCC(=O)Nc2ccccc2CC)cc1[N+](=O)[O-]. The molecule has 0 aliphatic carbocycles. The van der Waals surface area contributed by atoms with Crippen molar-refractivity contribution in [1.82, 2.24) is 0 Å². The molecule has 2 aromatic rings. The highest BCUT2D eigenvalue weighted by molar-refractivity contribution is 5.96. The van der Waals surface area contributed by atoms with Crippen molar-refractivity contribution in [2.45, 2.75) is 20.3 Å². The van der Waals surface area contributed by atoms with Crippen LogP contribution in [0.25, 0.3) is 0 Å². The molecule has 0 aliphatic rings. The molecule has 0 unspecified atom stereocenters. The highest BCUT2D eigenvalue weighted by Gasteiger charge is 2.20. The Labute approximate surface area is 156 Å². The summed E-state index contributed by atoms with van der Waals surface area (Å²) in [5.74, 6) is -1.27.